The van der Waals surface area contributed by atoms with Gasteiger partial charge in [-0.05, 0) is 29.8 Å². The van der Waals surface area contributed by atoms with Crippen LogP contribution in [0.15, 0.2) is 29.3 Å². The van der Waals surface area contributed by atoms with Crippen LogP contribution in [-0.4, -0.2) is 129 Å². The van der Waals surface area contributed by atoms with Gasteiger partial charge in [-0.15, -0.1) is 12.4 Å². The molecule has 0 bridgehead atoms. The second kappa shape index (κ2) is 14.2. The van der Waals surface area contributed by atoms with E-state index in [1.54, 1.807) is 31.4 Å². The van der Waals surface area contributed by atoms with Crippen molar-refractivity contribution >= 4 is 18.6 Å². The fourth-order valence-electron chi connectivity index (χ4n) is 3.22. The molecule has 0 saturated carbocycles. The predicted molar refractivity (Wildman–Crippen MR) is 120 cm³/mol. The van der Waals surface area contributed by atoms with Crippen molar-refractivity contribution in [2.45, 2.75) is 61.3 Å². The molecule has 3 rings (SSSR count). The van der Waals surface area contributed by atoms with Crippen molar-refractivity contribution in [2.75, 3.05) is 20.3 Å². The summed E-state index contributed by atoms with van der Waals surface area (Å²) in [6.07, 6.45) is -8.43. The minimum Gasteiger partial charge on any atom is -0.497 e. The van der Waals surface area contributed by atoms with Crippen LogP contribution in [0.1, 0.15) is 5.56 Å². The van der Waals surface area contributed by atoms with Gasteiger partial charge < -0.3 is 60.8 Å². The number of nitrogens with two attached hydrogens (primary N) is 1. The Labute approximate surface area is 202 Å². The summed E-state index contributed by atoms with van der Waals surface area (Å²) in [4.78, 5) is 4.06. The Morgan fingerprint density at radius 2 is 1.35 bits per heavy atom. The van der Waals surface area contributed by atoms with Gasteiger partial charge in [-0.2, -0.15) is 0 Å². The lowest BCUT2D eigenvalue weighted by Gasteiger charge is -2.38. The molecule has 10 unspecified atom stereocenters. The van der Waals surface area contributed by atoms with Crippen molar-refractivity contribution < 1.29 is 55.1 Å². The van der Waals surface area contributed by atoms with E-state index in [2.05, 4.69) is 4.99 Å². The largest absolute Gasteiger partial charge is 0.497 e. The third-order valence-corrected chi connectivity index (χ3v) is 5.33. The number of methoxy groups -OCH3 is 1. The molecule has 2 aliphatic heterocycles. The average molecular weight is 513 g/mol. The highest BCUT2D eigenvalue weighted by Crippen LogP contribution is 2.22. The molecule has 0 radical (unpaired) electrons. The van der Waals surface area contributed by atoms with Crippen LogP contribution < -0.4 is 10.5 Å². The van der Waals surface area contributed by atoms with Gasteiger partial charge in [-0.25, -0.2) is 0 Å². The molecule has 10 N–H and O–H groups in total. The monoisotopic (exact) mass is 512 g/mol. The number of benzene rings is 1. The van der Waals surface area contributed by atoms with E-state index >= 15 is 0 Å². The summed E-state index contributed by atoms with van der Waals surface area (Å²) in [5.41, 5.74) is 6.01. The molecule has 34 heavy (non-hydrogen) atoms. The van der Waals surface area contributed by atoms with Gasteiger partial charge in [0.2, 0.25) is 0 Å². The molecule has 13 nitrogen and oxygen atoms in total. The Hall–Kier alpha value is -1.46. The highest BCUT2D eigenvalue weighted by atomic mass is 35.5. The van der Waals surface area contributed by atoms with Crippen molar-refractivity contribution in [3.05, 3.63) is 29.8 Å². The lowest BCUT2D eigenvalue weighted by atomic mass is 9.97. The maximum atomic E-state index is 9.93. The summed E-state index contributed by atoms with van der Waals surface area (Å²) in [5, 5.41) is 74.5. The zero-order valence-electron chi connectivity index (χ0n) is 18.3. The highest BCUT2D eigenvalue weighted by molar-refractivity contribution is 5.85. The highest BCUT2D eigenvalue weighted by Gasteiger charge is 2.43. The van der Waals surface area contributed by atoms with Gasteiger partial charge in [-0.3, -0.25) is 4.99 Å². The standard InChI is InChI=1S/C14H19NO6.C6H13NO5.ClH/c1-20-9-4-2-8(3-5-9)6-15-11-13(18)12(17)10(7-16)21-14(11)19;7-3-5(10)4(9)2(1-8)12-6(3)11;/h2-6,10-14,16-19H,7H2,1H3;2-6,8-11H,1,7H2;1H. The number of aliphatic hydroxyl groups excluding tert-OH is 8. The Bertz CT molecular complexity index is 739. The van der Waals surface area contributed by atoms with E-state index in [1.807, 2.05) is 0 Å². The number of nitrogens with zero attached hydrogens (tertiary/aromatic N) is 1. The van der Waals surface area contributed by atoms with Crippen LogP contribution in [0.25, 0.3) is 0 Å². The third kappa shape index (κ3) is 7.52. The molecule has 0 aromatic heterocycles. The maximum Gasteiger partial charge on any atom is 0.180 e. The van der Waals surface area contributed by atoms with Crippen molar-refractivity contribution in [3.63, 3.8) is 0 Å². The topological polar surface area (TPSA) is 228 Å². The number of aliphatic imine (C=N–C) groups is 1. The van der Waals surface area contributed by atoms with Gasteiger partial charge in [0, 0.05) is 6.21 Å². The van der Waals surface area contributed by atoms with Crippen LogP contribution in [-0.2, 0) is 9.47 Å². The molecule has 10 atom stereocenters. The molecule has 0 spiro atoms. The van der Waals surface area contributed by atoms with E-state index in [1.165, 1.54) is 6.21 Å². The lowest BCUT2D eigenvalue weighted by Crippen LogP contribution is -2.61. The zero-order valence-corrected chi connectivity index (χ0v) is 19.1. The van der Waals surface area contributed by atoms with Crippen LogP contribution in [0.4, 0.5) is 0 Å². The first-order chi connectivity index (χ1) is 15.6. The normalized spacial score (nSPS) is 37.9. The molecular weight excluding hydrogens is 480 g/mol. The van der Waals surface area contributed by atoms with E-state index in [0.29, 0.717) is 5.75 Å². The van der Waals surface area contributed by atoms with Crippen LogP contribution in [0.3, 0.4) is 0 Å². The van der Waals surface area contributed by atoms with Crippen LogP contribution in [0.5, 0.6) is 5.75 Å². The second-order valence-corrected chi connectivity index (χ2v) is 7.58. The third-order valence-electron chi connectivity index (χ3n) is 5.33. The van der Waals surface area contributed by atoms with E-state index in [9.17, 15) is 25.5 Å². The second-order valence-electron chi connectivity index (χ2n) is 7.58. The minimum atomic E-state index is -1.39. The fourth-order valence-corrected chi connectivity index (χ4v) is 3.22. The number of halogens is 1. The van der Waals surface area contributed by atoms with Gasteiger partial charge in [0.15, 0.2) is 12.6 Å². The summed E-state index contributed by atoms with van der Waals surface area (Å²) in [5.74, 6) is 0.703. The van der Waals surface area contributed by atoms with E-state index in [0.717, 1.165) is 5.56 Å². The van der Waals surface area contributed by atoms with Crippen molar-refractivity contribution in [1.29, 1.82) is 0 Å². The van der Waals surface area contributed by atoms with Crippen molar-refractivity contribution in [2.24, 2.45) is 10.7 Å². The van der Waals surface area contributed by atoms with Gasteiger partial charge in [0.1, 0.15) is 48.4 Å². The van der Waals surface area contributed by atoms with E-state index in [4.69, 9.17) is 35.3 Å². The number of hydrogen-bond acceptors (Lipinski definition) is 13. The number of hydrogen-bond donors (Lipinski definition) is 9. The van der Waals surface area contributed by atoms with Gasteiger partial charge in [-0.1, -0.05) is 0 Å². The first-order valence-electron chi connectivity index (χ1n) is 10.2. The first-order valence-corrected chi connectivity index (χ1v) is 10.2. The molecule has 2 aliphatic rings. The van der Waals surface area contributed by atoms with Crippen molar-refractivity contribution in [1.82, 2.24) is 0 Å². The Kier molecular flexibility index (Phi) is 12.8. The molecule has 1 aromatic rings. The number of rotatable bonds is 5. The molecule has 2 fully saturated rings. The summed E-state index contributed by atoms with van der Waals surface area (Å²) in [7, 11) is 1.56. The molecule has 2 saturated heterocycles. The minimum absolute atomic E-state index is 0. The summed E-state index contributed by atoms with van der Waals surface area (Å²) >= 11 is 0. The Morgan fingerprint density at radius 1 is 0.853 bits per heavy atom. The molecular formula is C20H33ClN2O11. The van der Waals surface area contributed by atoms with E-state index in [-0.39, 0.29) is 12.4 Å². The summed E-state index contributed by atoms with van der Waals surface area (Å²) < 4.78 is 14.8. The van der Waals surface area contributed by atoms with Crippen LogP contribution >= 0.6 is 12.4 Å². The van der Waals surface area contributed by atoms with Gasteiger partial charge >= 0.3 is 0 Å². The maximum absolute atomic E-state index is 9.93. The Morgan fingerprint density at radius 3 is 1.85 bits per heavy atom. The van der Waals surface area contributed by atoms with Crippen molar-refractivity contribution in [3.8, 4) is 5.75 Å². The van der Waals surface area contributed by atoms with Gasteiger partial charge in [0.25, 0.3) is 0 Å². The number of ether oxygens (including phenoxy) is 3. The molecule has 14 heteroatoms. The van der Waals surface area contributed by atoms with E-state index < -0.39 is 74.5 Å². The molecule has 1 aromatic carbocycles. The first kappa shape index (κ1) is 30.6. The fraction of sp³-hybridized carbons (Fsp3) is 0.650. The van der Waals surface area contributed by atoms with Gasteiger partial charge in [0.05, 0.1) is 26.4 Å². The predicted octanol–water partition coefficient (Wildman–Crippen LogP) is -3.92. The smallest absolute Gasteiger partial charge is 0.180 e. The molecule has 0 amide bonds. The quantitative estimate of drug-likeness (QED) is 0.172. The number of aliphatic hydroxyl groups is 8. The molecule has 2 heterocycles. The molecule has 0 aliphatic carbocycles. The zero-order chi connectivity index (χ0) is 24.7. The Balaban J connectivity index is 0.000000380. The molecule has 196 valence electrons. The summed E-state index contributed by atoms with van der Waals surface area (Å²) in [6.45, 7) is -0.966. The average Bonchev–Trinajstić information content (AvgIpc) is 2.83. The van der Waals surface area contributed by atoms with Crippen LogP contribution in [0, 0.1) is 0 Å². The van der Waals surface area contributed by atoms with Crippen LogP contribution in [0.2, 0.25) is 0 Å². The summed E-state index contributed by atoms with van der Waals surface area (Å²) in [6, 6.07) is 4.97. The SMILES string of the molecule is COc1ccc(C=NC2C(O)OC(CO)C(O)C2O)cc1.Cl.NC1C(O)OC(CO)C(O)C1O. The lowest BCUT2D eigenvalue weighted by molar-refractivity contribution is -0.248.